The lowest BCUT2D eigenvalue weighted by molar-refractivity contribution is 0.0659. The molecule has 3 aliphatic rings. The molecule has 1 aromatic rings. The molecule has 0 amide bonds. The van der Waals surface area contributed by atoms with Crippen molar-refractivity contribution in [2.24, 2.45) is 17.8 Å². The second-order valence-electron chi connectivity index (χ2n) is 11.1. The van der Waals surface area contributed by atoms with Crippen LogP contribution in [0.4, 0.5) is 4.39 Å². The molecular formula is C29H44FNO. The van der Waals surface area contributed by atoms with Gasteiger partial charge in [0.25, 0.3) is 0 Å². The predicted octanol–water partition coefficient (Wildman–Crippen LogP) is 8.00. The van der Waals surface area contributed by atoms with Gasteiger partial charge in [-0.05, 0) is 74.3 Å². The van der Waals surface area contributed by atoms with Crippen LogP contribution in [0.3, 0.4) is 0 Å². The van der Waals surface area contributed by atoms with E-state index in [1.54, 1.807) is 6.07 Å². The van der Waals surface area contributed by atoms with Crippen molar-refractivity contribution in [3.8, 4) is 0 Å². The van der Waals surface area contributed by atoms with Crippen LogP contribution in [0.5, 0.6) is 0 Å². The van der Waals surface area contributed by atoms with Crippen LogP contribution in [0.25, 0.3) is 0 Å². The first kappa shape index (κ1) is 23.8. The van der Waals surface area contributed by atoms with Crippen molar-refractivity contribution in [2.75, 3.05) is 13.1 Å². The van der Waals surface area contributed by atoms with E-state index in [1.807, 2.05) is 18.2 Å². The molecule has 1 N–H and O–H groups in total. The van der Waals surface area contributed by atoms with Gasteiger partial charge in [-0.25, -0.2) is 4.39 Å². The second-order valence-corrected chi connectivity index (χ2v) is 11.1. The van der Waals surface area contributed by atoms with Crippen LogP contribution in [0, 0.1) is 23.6 Å². The summed E-state index contributed by atoms with van der Waals surface area (Å²) < 4.78 is 15.0. The third kappa shape index (κ3) is 6.37. The predicted molar refractivity (Wildman–Crippen MR) is 131 cm³/mol. The molecule has 4 rings (SSSR count). The summed E-state index contributed by atoms with van der Waals surface area (Å²) in [6.07, 6.45) is 17.6. The average Bonchev–Trinajstić information content (AvgIpc) is 2.80. The first-order valence-corrected chi connectivity index (χ1v) is 13.5. The highest BCUT2D eigenvalue weighted by molar-refractivity contribution is 5.24. The molecule has 3 heteroatoms. The van der Waals surface area contributed by atoms with Gasteiger partial charge in [-0.3, -0.25) is 4.90 Å². The molecule has 32 heavy (non-hydrogen) atoms. The van der Waals surface area contributed by atoms with Gasteiger partial charge in [-0.1, -0.05) is 63.3 Å². The molecule has 0 aliphatic heterocycles. The maximum atomic E-state index is 15.0. The number of halogens is 1. The van der Waals surface area contributed by atoms with Crippen molar-refractivity contribution in [1.82, 2.24) is 4.90 Å². The van der Waals surface area contributed by atoms with Crippen LogP contribution in [0.1, 0.15) is 101 Å². The van der Waals surface area contributed by atoms with E-state index in [0.29, 0.717) is 18.4 Å². The Kier molecular flexibility index (Phi) is 8.68. The fraction of sp³-hybridized carbons (Fsp3) is 0.724. The zero-order valence-electron chi connectivity index (χ0n) is 20.0. The van der Waals surface area contributed by atoms with Crippen LogP contribution in [-0.2, 0) is 0 Å². The Labute approximate surface area is 195 Å². The Balaban J connectivity index is 1.57. The van der Waals surface area contributed by atoms with E-state index in [2.05, 4.69) is 11.5 Å². The van der Waals surface area contributed by atoms with Crippen LogP contribution < -0.4 is 0 Å². The average molecular weight is 442 g/mol. The normalized spacial score (nSPS) is 28.1. The molecule has 0 spiro atoms. The number of nitrogens with zero attached hydrogens (tertiary/aromatic N) is 1. The van der Waals surface area contributed by atoms with Crippen LogP contribution in [0.2, 0.25) is 0 Å². The molecule has 3 atom stereocenters. The van der Waals surface area contributed by atoms with E-state index >= 15 is 4.39 Å². The second kappa shape index (κ2) is 11.7. The molecule has 178 valence electrons. The van der Waals surface area contributed by atoms with Gasteiger partial charge in [-0.2, -0.15) is 0 Å². The van der Waals surface area contributed by atoms with Crippen molar-refractivity contribution in [2.45, 2.75) is 102 Å². The number of hydrogen-bond acceptors (Lipinski definition) is 2. The molecule has 0 radical (unpaired) electrons. The third-order valence-corrected chi connectivity index (χ3v) is 8.66. The lowest BCUT2D eigenvalue weighted by Gasteiger charge is -2.46. The minimum Gasteiger partial charge on any atom is -0.513 e. The van der Waals surface area contributed by atoms with Crippen molar-refractivity contribution < 1.29 is 9.50 Å². The Hall–Kier alpha value is -1.35. The molecule has 0 aromatic heterocycles. The van der Waals surface area contributed by atoms with Gasteiger partial charge in [0.1, 0.15) is 5.82 Å². The summed E-state index contributed by atoms with van der Waals surface area (Å²) in [6.45, 7) is 6.14. The minimum atomic E-state index is -0.0544. The third-order valence-electron chi connectivity index (χ3n) is 8.66. The van der Waals surface area contributed by atoms with Crippen molar-refractivity contribution in [3.05, 3.63) is 48.0 Å². The summed E-state index contributed by atoms with van der Waals surface area (Å²) in [5.74, 6) is 2.46. The molecule has 1 aromatic carbocycles. The lowest BCUT2D eigenvalue weighted by Crippen LogP contribution is -2.47. The van der Waals surface area contributed by atoms with Crippen LogP contribution in [-0.4, -0.2) is 29.1 Å². The quantitative estimate of drug-likeness (QED) is 0.413. The first-order valence-electron chi connectivity index (χ1n) is 13.5. The number of hydrogen-bond donors (Lipinski definition) is 1. The van der Waals surface area contributed by atoms with Gasteiger partial charge in [0.15, 0.2) is 0 Å². The number of aliphatic hydroxyl groups excluding tert-OH is 1. The molecule has 3 saturated carbocycles. The Morgan fingerprint density at radius 1 is 0.844 bits per heavy atom. The maximum absolute atomic E-state index is 15.0. The highest BCUT2D eigenvalue weighted by atomic mass is 19.1. The van der Waals surface area contributed by atoms with Crippen molar-refractivity contribution in [3.63, 3.8) is 0 Å². The monoisotopic (exact) mass is 441 g/mol. The fourth-order valence-corrected chi connectivity index (χ4v) is 7.06. The molecule has 3 aliphatic carbocycles. The molecule has 0 heterocycles. The number of rotatable bonds is 8. The van der Waals surface area contributed by atoms with Gasteiger partial charge in [-0.15, -0.1) is 0 Å². The van der Waals surface area contributed by atoms with E-state index < -0.39 is 0 Å². The van der Waals surface area contributed by atoms with Crippen LogP contribution in [0.15, 0.2) is 36.6 Å². The molecular weight excluding hydrogens is 397 g/mol. The van der Waals surface area contributed by atoms with E-state index in [4.69, 9.17) is 0 Å². The number of aliphatic hydroxyl groups is 1. The molecule has 0 bridgehead atoms. The summed E-state index contributed by atoms with van der Waals surface area (Å²) in [5, 5.41) is 9.84. The standard InChI is InChI=1S/C29H44FNO/c1-22(32)18-25-16-17-29(27(19-25)26-14-8-9-15-28(26)30)31(20-23-10-4-2-5-11-23)21-24-12-6-3-7-13-24/h8-9,14-15,23-25,27,29,32H,1-7,10-13,16-21H2/t25-,27-,29+/m0/s1. The summed E-state index contributed by atoms with van der Waals surface area (Å²) in [4.78, 5) is 2.83. The van der Waals surface area contributed by atoms with Gasteiger partial charge < -0.3 is 5.11 Å². The molecule has 0 unspecified atom stereocenters. The van der Waals surface area contributed by atoms with E-state index in [0.717, 1.165) is 36.7 Å². The summed E-state index contributed by atoms with van der Waals surface area (Å²) >= 11 is 0. The number of allylic oxidation sites excluding steroid dienone is 1. The minimum absolute atomic E-state index is 0.0544. The van der Waals surface area contributed by atoms with E-state index in [1.165, 1.54) is 77.3 Å². The molecule has 3 fully saturated rings. The van der Waals surface area contributed by atoms with Gasteiger partial charge in [0.05, 0.1) is 5.76 Å². The smallest absolute Gasteiger partial charge is 0.126 e. The van der Waals surface area contributed by atoms with E-state index in [-0.39, 0.29) is 17.5 Å². The molecule has 2 nitrogen and oxygen atoms in total. The maximum Gasteiger partial charge on any atom is 0.126 e. The van der Waals surface area contributed by atoms with Crippen LogP contribution >= 0.6 is 0 Å². The Morgan fingerprint density at radius 2 is 1.44 bits per heavy atom. The van der Waals surface area contributed by atoms with Gasteiger partial charge in [0, 0.05) is 31.5 Å². The fourth-order valence-electron chi connectivity index (χ4n) is 7.06. The van der Waals surface area contributed by atoms with Crippen molar-refractivity contribution >= 4 is 0 Å². The Bertz CT molecular complexity index is 702. The lowest BCUT2D eigenvalue weighted by atomic mass is 9.72. The highest BCUT2D eigenvalue weighted by Crippen LogP contribution is 2.43. The van der Waals surface area contributed by atoms with E-state index in [9.17, 15) is 5.11 Å². The number of benzene rings is 1. The summed E-state index contributed by atoms with van der Waals surface area (Å²) in [6, 6.07) is 7.87. The zero-order valence-corrected chi connectivity index (χ0v) is 20.0. The van der Waals surface area contributed by atoms with Gasteiger partial charge in [0.2, 0.25) is 0 Å². The summed E-state index contributed by atoms with van der Waals surface area (Å²) in [7, 11) is 0. The molecule has 0 saturated heterocycles. The van der Waals surface area contributed by atoms with Gasteiger partial charge >= 0.3 is 0 Å². The zero-order chi connectivity index (χ0) is 22.3. The summed E-state index contributed by atoms with van der Waals surface area (Å²) in [5.41, 5.74) is 0.892. The first-order chi connectivity index (χ1) is 15.6. The topological polar surface area (TPSA) is 23.5 Å². The largest absolute Gasteiger partial charge is 0.513 e. The Morgan fingerprint density at radius 3 is 2.00 bits per heavy atom. The highest BCUT2D eigenvalue weighted by Gasteiger charge is 2.38. The SMILES string of the molecule is C=C(O)C[C@@H]1CC[C@@H](N(CC2CCCCC2)CC2CCCCC2)[C@H](c2ccccc2F)C1. The van der Waals surface area contributed by atoms with Crippen molar-refractivity contribution in [1.29, 1.82) is 0 Å².